The van der Waals surface area contributed by atoms with Crippen molar-refractivity contribution in [1.29, 1.82) is 0 Å². The third-order valence-corrected chi connectivity index (χ3v) is 6.54. The summed E-state index contributed by atoms with van der Waals surface area (Å²) in [5.74, 6) is 3.02. The highest BCUT2D eigenvalue weighted by molar-refractivity contribution is 7.90. The quantitative estimate of drug-likeness (QED) is 0.348. The molecule has 0 spiro atoms. The van der Waals surface area contributed by atoms with Crippen LogP contribution in [0.25, 0.3) is 0 Å². The number of aromatic nitrogens is 3. The van der Waals surface area contributed by atoms with Crippen molar-refractivity contribution >= 4 is 15.8 Å². The summed E-state index contributed by atoms with van der Waals surface area (Å²) < 4.78 is 25.4. The van der Waals surface area contributed by atoms with Crippen molar-refractivity contribution in [2.75, 3.05) is 25.9 Å². The molecule has 0 unspecified atom stereocenters. The summed E-state index contributed by atoms with van der Waals surface area (Å²) in [4.78, 5) is 5.03. The fourth-order valence-electron chi connectivity index (χ4n) is 3.73. The van der Waals surface area contributed by atoms with E-state index in [0.29, 0.717) is 4.90 Å². The maximum Gasteiger partial charge on any atom is 0.191 e. The van der Waals surface area contributed by atoms with Crippen molar-refractivity contribution in [1.82, 2.24) is 25.4 Å². The van der Waals surface area contributed by atoms with Gasteiger partial charge in [-0.15, -0.1) is 10.2 Å². The third-order valence-electron chi connectivity index (χ3n) is 5.42. The maximum absolute atomic E-state index is 11.6. The number of sulfone groups is 1. The highest BCUT2D eigenvalue weighted by atomic mass is 32.2. The minimum absolute atomic E-state index is 0.351. The van der Waals surface area contributed by atoms with E-state index in [1.54, 1.807) is 12.1 Å². The summed E-state index contributed by atoms with van der Waals surface area (Å²) in [6, 6.07) is 7.05. The van der Waals surface area contributed by atoms with Crippen molar-refractivity contribution in [2.24, 2.45) is 4.99 Å². The first-order valence-corrected chi connectivity index (χ1v) is 13.1. The molecule has 1 aliphatic heterocycles. The number of hydrogen-bond acceptors (Lipinski definition) is 5. The number of hydrogen-bond donors (Lipinski definition) is 2. The molecule has 3 rings (SSSR count). The molecule has 170 valence electrons. The van der Waals surface area contributed by atoms with Gasteiger partial charge in [-0.1, -0.05) is 18.6 Å². The van der Waals surface area contributed by atoms with Gasteiger partial charge in [0.25, 0.3) is 0 Å². The Balaban J connectivity index is 1.45. The van der Waals surface area contributed by atoms with Crippen molar-refractivity contribution in [3.8, 4) is 0 Å². The molecule has 0 atom stereocenters. The van der Waals surface area contributed by atoms with E-state index in [1.165, 1.54) is 25.5 Å². The predicted molar refractivity (Wildman–Crippen MR) is 123 cm³/mol. The van der Waals surface area contributed by atoms with E-state index in [9.17, 15) is 8.42 Å². The molecule has 0 fully saturated rings. The van der Waals surface area contributed by atoms with Crippen LogP contribution in [0.4, 0.5) is 0 Å². The molecule has 0 aliphatic carbocycles. The Hall–Kier alpha value is -2.42. The van der Waals surface area contributed by atoms with Gasteiger partial charge in [0.1, 0.15) is 11.6 Å². The predicted octanol–water partition coefficient (Wildman–Crippen LogP) is 2.14. The molecular formula is C22H34N6O2S. The molecule has 0 bridgehead atoms. The van der Waals surface area contributed by atoms with E-state index in [2.05, 4.69) is 30.4 Å². The molecule has 0 radical (unpaired) electrons. The van der Waals surface area contributed by atoms with E-state index in [0.717, 1.165) is 75.0 Å². The van der Waals surface area contributed by atoms with Gasteiger partial charge in [0.05, 0.1) is 4.90 Å². The first kappa shape index (κ1) is 23.2. The van der Waals surface area contributed by atoms with Crippen LogP contribution in [0.3, 0.4) is 0 Å². The lowest BCUT2D eigenvalue weighted by Crippen LogP contribution is -2.38. The van der Waals surface area contributed by atoms with Crippen LogP contribution in [-0.4, -0.2) is 55.0 Å². The normalized spacial score (nSPS) is 14.7. The molecule has 2 heterocycles. The SMILES string of the molecule is CCNC(=NCCCc1nnc2n1CCCCC2)NCCc1ccc(S(C)(=O)=O)cc1. The van der Waals surface area contributed by atoms with Gasteiger partial charge in [-0.25, -0.2) is 8.42 Å². The number of rotatable bonds is 9. The topological polar surface area (TPSA) is 101 Å². The Kier molecular flexibility index (Phi) is 8.45. The smallest absolute Gasteiger partial charge is 0.191 e. The standard InChI is InChI=1S/C22H34N6O2S/c1-3-23-22(25-16-14-18-10-12-19(13-11-18)31(2,29)30)24-15-7-9-21-27-26-20-8-5-4-6-17-28(20)21/h10-13H,3-9,14-17H2,1-2H3,(H2,23,24,25). The molecule has 0 amide bonds. The summed E-state index contributed by atoms with van der Waals surface area (Å²) >= 11 is 0. The van der Waals surface area contributed by atoms with Crippen LogP contribution < -0.4 is 10.6 Å². The van der Waals surface area contributed by atoms with Crippen LogP contribution in [-0.2, 0) is 35.6 Å². The molecule has 1 aromatic heterocycles. The second kappa shape index (κ2) is 11.3. The highest BCUT2D eigenvalue weighted by Gasteiger charge is 2.14. The van der Waals surface area contributed by atoms with E-state index < -0.39 is 9.84 Å². The molecule has 9 heteroatoms. The Morgan fingerprint density at radius 1 is 1.10 bits per heavy atom. The van der Waals surface area contributed by atoms with Crippen LogP contribution in [0.15, 0.2) is 34.2 Å². The van der Waals surface area contributed by atoms with Crippen molar-refractivity contribution in [2.45, 2.75) is 63.3 Å². The number of nitrogens with one attached hydrogen (secondary N) is 2. The van der Waals surface area contributed by atoms with Crippen LogP contribution in [0.1, 0.15) is 49.8 Å². The molecule has 1 aliphatic rings. The number of benzene rings is 1. The first-order valence-electron chi connectivity index (χ1n) is 11.2. The second-order valence-corrected chi connectivity index (χ2v) is 9.97. The Morgan fingerprint density at radius 2 is 1.90 bits per heavy atom. The average Bonchev–Trinajstić information content (AvgIpc) is 2.97. The fraction of sp³-hybridized carbons (Fsp3) is 0.591. The molecule has 2 aromatic rings. The maximum atomic E-state index is 11.6. The number of nitrogens with zero attached hydrogens (tertiary/aromatic N) is 4. The number of guanidine groups is 1. The zero-order valence-corrected chi connectivity index (χ0v) is 19.4. The summed E-state index contributed by atoms with van der Waals surface area (Å²) in [5, 5.41) is 15.4. The fourth-order valence-corrected chi connectivity index (χ4v) is 4.36. The molecule has 31 heavy (non-hydrogen) atoms. The average molecular weight is 447 g/mol. The van der Waals surface area contributed by atoms with Gasteiger partial charge in [0.2, 0.25) is 0 Å². The van der Waals surface area contributed by atoms with Crippen molar-refractivity contribution in [3.05, 3.63) is 41.5 Å². The second-order valence-electron chi connectivity index (χ2n) is 7.95. The summed E-state index contributed by atoms with van der Waals surface area (Å²) in [6.45, 7) is 5.33. The number of fused-ring (bicyclic) bond motifs is 1. The Morgan fingerprint density at radius 3 is 2.65 bits per heavy atom. The van der Waals surface area contributed by atoms with Crippen LogP contribution in [0.5, 0.6) is 0 Å². The third kappa shape index (κ3) is 7.05. The van der Waals surface area contributed by atoms with E-state index in [4.69, 9.17) is 0 Å². The van der Waals surface area contributed by atoms with Crippen LogP contribution in [0.2, 0.25) is 0 Å². The van der Waals surface area contributed by atoms with E-state index in [1.807, 2.05) is 19.1 Å². The summed E-state index contributed by atoms with van der Waals surface area (Å²) in [7, 11) is -3.15. The van der Waals surface area contributed by atoms with Gasteiger partial charge < -0.3 is 15.2 Å². The highest BCUT2D eigenvalue weighted by Crippen LogP contribution is 2.15. The summed E-state index contributed by atoms with van der Waals surface area (Å²) in [6.07, 6.45) is 8.57. The Bertz CT molecular complexity index is 966. The molecule has 1 aromatic carbocycles. The van der Waals surface area contributed by atoms with Crippen molar-refractivity contribution in [3.63, 3.8) is 0 Å². The monoisotopic (exact) mass is 446 g/mol. The number of aliphatic imine (C=N–C) groups is 1. The lowest BCUT2D eigenvalue weighted by Gasteiger charge is -2.11. The van der Waals surface area contributed by atoms with E-state index in [-0.39, 0.29) is 0 Å². The zero-order chi connectivity index (χ0) is 22.1. The molecule has 0 saturated carbocycles. The molecule has 0 saturated heterocycles. The van der Waals surface area contributed by atoms with E-state index >= 15 is 0 Å². The molecular weight excluding hydrogens is 412 g/mol. The lowest BCUT2D eigenvalue weighted by atomic mass is 10.1. The first-order chi connectivity index (χ1) is 15.0. The van der Waals surface area contributed by atoms with Gasteiger partial charge in [-0.3, -0.25) is 4.99 Å². The van der Waals surface area contributed by atoms with Crippen LogP contribution in [0, 0.1) is 0 Å². The van der Waals surface area contributed by atoms with Gasteiger partial charge in [0, 0.05) is 45.3 Å². The minimum atomic E-state index is -3.15. The van der Waals surface area contributed by atoms with Crippen molar-refractivity contribution < 1.29 is 8.42 Å². The summed E-state index contributed by atoms with van der Waals surface area (Å²) in [5.41, 5.74) is 1.09. The number of aryl methyl sites for hydroxylation is 2. The minimum Gasteiger partial charge on any atom is -0.357 e. The van der Waals surface area contributed by atoms with Gasteiger partial charge in [0.15, 0.2) is 15.8 Å². The zero-order valence-electron chi connectivity index (χ0n) is 18.6. The van der Waals surface area contributed by atoms with Crippen LogP contribution >= 0.6 is 0 Å². The largest absolute Gasteiger partial charge is 0.357 e. The van der Waals surface area contributed by atoms with Gasteiger partial charge in [-0.05, 0) is 50.3 Å². The molecule has 2 N–H and O–H groups in total. The molecule has 8 nitrogen and oxygen atoms in total. The lowest BCUT2D eigenvalue weighted by molar-refractivity contribution is 0.597. The Labute approximate surface area is 185 Å². The van der Waals surface area contributed by atoms with Gasteiger partial charge >= 0.3 is 0 Å². The van der Waals surface area contributed by atoms with Gasteiger partial charge in [-0.2, -0.15) is 0 Å².